The van der Waals surface area contributed by atoms with Crippen molar-refractivity contribution in [1.29, 1.82) is 0 Å². The summed E-state index contributed by atoms with van der Waals surface area (Å²) >= 11 is 2.18. The van der Waals surface area contributed by atoms with Crippen LogP contribution in [0.3, 0.4) is 0 Å². The highest BCUT2D eigenvalue weighted by atomic mass is 127. The molecule has 0 fully saturated rings. The molecule has 20 heavy (non-hydrogen) atoms. The number of hydrogen-bond donors (Lipinski definition) is 1. The van der Waals surface area contributed by atoms with Crippen molar-refractivity contribution in [2.45, 2.75) is 13.8 Å². The van der Waals surface area contributed by atoms with Gasteiger partial charge in [0.25, 0.3) is 5.91 Å². The fourth-order valence-corrected chi connectivity index (χ4v) is 3.03. The van der Waals surface area contributed by atoms with Gasteiger partial charge in [0.15, 0.2) is 5.82 Å². The Morgan fingerprint density at radius 1 is 1.40 bits per heavy atom. The number of amides is 1. The second kappa shape index (κ2) is 5.01. The highest BCUT2D eigenvalue weighted by molar-refractivity contribution is 14.1. The molecule has 0 aromatic carbocycles. The average molecular weight is 380 g/mol. The first-order valence-electron chi connectivity index (χ1n) is 6.33. The van der Waals surface area contributed by atoms with Crippen molar-refractivity contribution in [3.05, 3.63) is 39.2 Å². The lowest BCUT2D eigenvalue weighted by molar-refractivity contribution is 0.102. The summed E-state index contributed by atoms with van der Waals surface area (Å²) in [5.41, 5.74) is 2.33. The summed E-state index contributed by atoms with van der Waals surface area (Å²) in [6, 6.07) is 5.51. The lowest BCUT2D eigenvalue weighted by Gasteiger charge is -2.22. The lowest BCUT2D eigenvalue weighted by Crippen LogP contribution is -2.20. The van der Waals surface area contributed by atoms with Gasteiger partial charge in [-0.05, 0) is 60.2 Å². The fraction of sp³-hybridized carbons (Fsp3) is 0.214. The van der Waals surface area contributed by atoms with E-state index in [2.05, 4.69) is 37.9 Å². The molecule has 0 unspecified atom stereocenters. The van der Waals surface area contributed by atoms with E-state index in [4.69, 9.17) is 0 Å². The van der Waals surface area contributed by atoms with Gasteiger partial charge in [0, 0.05) is 12.7 Å². The number of rotatable bonds is 1. The molecule has 2 aromatic rings. The van der Waals surface area contributed by atoms with Crippen LogP contribution in [-0.2, 0) is 0 Å². The SMILES string of the molecule is CCN1c2ncccc2C(=O)Nc2c(C)cc(I)nc21. The molecule has 5 nitrogen and oxygen atoms in total. The molecule has 0 radical (unpaired) electrons. The lowest BCUT2D eigenvalue weighted by atomic mass is 10.2. The molecule has 3 heterocycles. The van der Waals surface area contributed by atoms with E-state index in [0.29, 0.717) is 17.9 Å². The Labute approximate surface area is 130 Å². The normalized spacial score (nSPS) is 13.3. The summed E-state index contributed by atoms with van der Waals surface area (Å²) in [6.07, 6.45) is 1.69. The van der Waals surface area contributed by atoms with Gasteiger partial charge in [0.2, 0.25) is 0 Å². The van der Waals surface area contributed by atoms with Crippen molar-refractivity contribution in [2.75, 3.05) is 16.8 Å². The van der Waals surface area contributed by atoms with Crippen LogP contribution in [0.2, 0.25) is 0 Å². The average Bonchev–Trinajstić information content (AvgIpc) is 2.54. The molecule has 6 heteroatoms. The van der Waals surface area contributed by atoms with E-state index in [0.717, 1.165) is 20.8 Å². The van der Waals surface area contributed by atoms with Crippen LogP contribution < -0.4 is 10.2 Å². The summed E-state index contributed by atoms with van der Waals surface area (Å²) in [5.74, 6) is 1.26. The van der Waals surface area contributed by atoms with Crippen LogP contribution in [0.1, 0.15) is 22.8 Å². The molecular weight excluding hydrogens is 367 g/mol. The second-order valence-electron chi connectivity index (χ2n) is 4.53. The van der Waals surface area contributed by atoms with E-state index < -0.39 is 0 Å². The van der Waals surface area contributed by atoms with E-state index in [1.165, 1.54) is 0 Å². The van der Waals surface area contributed by atoms with Crippen LogP contribution in [0, 0.1) is 10.6 Å². The molecule has 3 rings (SSSR count). The Kier molecular flexibility index (Phi) is 3.33. The van der Waals surface area contributed by atoms with Crippen LogP contribution in [0.25, 0.3) is 0 Å². The summed E-state index contributed by atoms with van der Waals surface area (Å²) in [7, 11) is 0. The number of aryl methyl sites for hydroxylation is 1. The smallest absolute Gasteiger partial charge is 0.259 e. The Morgan fingerprint density at radius 3 is 2.95 bits per heavy atom. The summed E-state index contributed by atoms with van der Waals surface area (Å²) in [6.45, 7) is 4.69. The van der Waals surface area contributed by atoms with Crippen LogP contribution in [0.4, 0.5) is 17.3 Å². The number of nitrogens with one attached hydrogen (secondary N) is 1. The van der Waals surface area contributed by atoms with Gasteiger partial charge in [-0.1, -0.05) is 0 Å². The van der Waals surface area contributed by atoms with Crippen molar-refractivity contribution in [2.24, 2.45) is 0 Å². The molecule has 0 spiro atoms. The number of aromatic nitrogens is 2. The second-order valence-corrected chi connectivity index (χ2v) is 5.64. The van der Waals surface area contributed by atoms with Crippen LogP contribution >= 0.6 is 22.6 Å². The predicted molar refractivity (Wildman–Crippen MR) is 86.6 cm³/mol. The zero-order chi connectivity index (χ0) is 14.3. The first kappa shape index (κ1) is 13.3. The molecule has 0 atom stereocenters. The molecule has 0 saturated heterocycles. The number of anilines is 3. The molecule has 102 valence electrons. The minimum absolute atomic E-state index is 0.142. The van der Waals surface area contributed by atoms with E-state index in [9.17, 15) is 4.79 Å². The van der Waals surface area contributed by atoms with Gasteiger partial charge in [-0.15, -0.1) is 0 Å². The van der Waals surface area contributed by atoms with Crippen LogP contribution in [0.5, 0.6) is 0 Å². The Morgan fingerprint density at radius 2 is 2.20 bits per heavy atom. The monoisotopic (exact) mass is 380 g/mol. The number of nitrogens with zero attached hydrogens (tertiary/aromatic N) is 3. The maximum absolute atomic E-state index is 12.4. The van der Waals surface area contributed by atoms with Gasteiger partial charge < -0.3 is 10.2 Å². The van der Waals surface area contributed by atoms with Gasteiger partial charge in [-0.25, -0.2) is 9.97 Å². The van der Waals surface area contributed by atoms with Gasteiger partial charge in [-0.3, -0.25) is 4.79 Å². The largest absolute Gasteiger partial charge is 0.318 e. The van der Waals surface area contributed by atoms with Gasteiger partial charge >= 0.3 is 0 Å². The number of halogens is 1. The molecule has 1 N–H and O–H groups in total. The van der Waals surface area contributed by atoms with E-state index in [1.807, 2.05) is 24.8 Å². The highest BCUT2D eigenvalue weighted by Crippen LogP contribution is 2.37. The van der Waals surface area contributed by atoms with Gasteiger partial charge in [0.1, 0.15) is 9.52 Å². The number of carbonyl (C=O) groups is 1. The first-order chi connectivity index (χ1) is 9.61. The van der Waals surface area contributed by atoms with Gasteiger partial charge in [-0.2, -0.15) is 0 Å². The summed E-state index contributed by atoms with van der Waals surface area (Å²) in [5, 5.41) is 2.95. The summed E-state index contributed by atoms with van der Waals surface area (Å²) in [4.78, 5) is 23.3. The van der Waals surface area contributed by atoms with E-state index in [-0.39, 0.29) is 5.91 Å². The topological polar surface area (TPSA) is 58.1 Å². The van der Waals surface area contributed by atoms with Crippen LogP contribution in [-0.4, -0.2) is 22.4 Å². The zero-order valence-electron chi connectivity index (χ0n) is 11.1. The molecule has 0 saturated carbocycles. The number of pyridine rings is 2. The maximum atomic E-state index is 12.4. The maximum Gasteiger partial charge on any atom is 0.259 e. The molecule has 1 aliphatic heterocycles. The number of fused-ring (bicyclic) bond motifs is 2. The Balaban J connectivity index is 2.31. The van der Waals surface area contributed by atoms with Crippen molar-refractivity contribution in [3.8, 4) is 0 Å². The minimum atomic E-state index is -0.142. The molecule has 2 aromatic heterocycles. The quantitative estimate of drug-likeness (QED) is 0.610. The number of carbonyl (C=O) groups excluding carboxylic acids is 1. The zero-order valence-corrected chi connectivity index (χ0v) is 13.3. The molecule has 0 aliphatic carbocycles. The van der Waals surface area contributed by atoms with Crippen molar-refractivity contribution < 1.29 is 4.79 Å². The fourth-order valence-electron chi connectivity index (χ4n) is 2.34. The van der Waals surface area contributed by atoms with Gasteiger partial charge in [0.05, 0.1) is 11.3 Å². The van der Waals surface area contributed by atoms with Crippen molar-refractivity contribution >= 4 is 45.8 Å². The third kappa shape index (κ3) is 2.04. The highest BCUT2D eigenvalue weighted by Gasteiger charge is 2.27. The standard InChI is InChI=1S/C14H13IN4O/c1-3-19-12-9(5-4-6-16-12)14(20)18-11-8(2)7-10(15)17-13(11)19/h4-7H,3H2,1-2H3,(H,18,20). The predicted octanol–water partition coefficient (Wildman–Crippen LogP) is 3.11. The van der Waals surface area contributed by atoms with Crippen LogP contribution in [0.15, 0.2) is 24.4 Å². The first-order valence-corrected chi connectivity index (χ1v) is 7.40. The Hall–Kier alpha value is -1.70. The third-order valence-electron chi connectivity index (χ3n) is 3.26. The third-order valence-corrected chi connectivity index (χ3v) is 3.82. The van der Waals surface area contributed by atoms with E-state index in [1.54, 1.807) is 18.3 Å². The summed E-state index contributed by atoms with van der Waals surface area (Å²) < 4.78 is 0.894. The minimum Gasteiger partial charge on any atom is -0.318 e. The molecule has 0 bridgehead atoms. The van der Waals surface area contributed by atoms with Crippen molar-refractivity contribution in [3.63, 3.8) is 0 Å². The molecule has 1 aliphatic rings. The Bertz CT molecular complexity index is 702. The molecular formula is C14H13IN4O. The number of hydrogen-bond acceptors (Lipinski definition) is 4. The molecule has 1 amide bonds. The van der Waals surface area contributed by atoms with E-state index >= 15 is 0 Å². The van der Waals surface area contributed by atoms with Crippen molar-refractivity contribution in [1.82, 2.24) is 9.97 Å².